The van der Waals surface area contributed by atoms with Gasteiger partial charge < -0.3 is 0 Å². The lowest BCUT2D eigenvalue weighted by Gasteiger charge is -2.14. The lowest BCUT2D eigenvalue weighted by atomic mass is 10.4. The van der Waals surface area contributed by atoms with Crippen molar-refractivity contribution in [3.63, 3.8) is 0 Å². The number of rotatable bonds is 4. The molecule has 1 heterocycles. The number of nitrogens with zero attached hydrogens (tertiary/aromatic N) is 3. The third kappa shape index (κ3) is 2.95. The van der Waals surface area contributed by atoms with E-state index >= 15 is 0 Å². The van der Waals surface area contributed by atoms with Gasteiger partial charge >= 0.3 is 0 Å². The van der Waals surface area contributed by atoms with E-state index in [0.29, 0.717) is 11.5 Å². The number of thiophene rings is 1. The summed E-state index contributed by atoms with van der Waals surface area (Å²) >= 11 is 4.75. The molecule has 0 radical (unpaired) electrons. The molecule has 0 bridgehead atoms. The van der Waals surface area contributed by atoms with Crippen molar-refractivity contribution in [1.29, 1.82) is 5.26 Å². The van der Waals surface area contributed by atoms with Crippen molar-refractivity contribution in [2.75, 3.05) is 18.1 Å². The van der Waals surface area contributed by atoms with Crippen LogP contribution in [0.5, 0.6) is 0 Å². The summed E-state index contributed by atoms with van der Waals surface area (Å²) in [6.45, 7) is 10.2. The average molecular weight is 284 g/mol. The Hall–Kier alpha value is -1.04. The molecule has 1 rings (SSSR count). The van der Waals surface area contributed by atoms with Gasteiger partial charge in [0.1, 0.15) is 10.9 Å². The summed E-state index contributed by atoms with van der Waals surface area (Å²) in [5.41, 5.74) is 0. The molecule has 0 fully saturated rings. The molecule has 0 N–H and O–H groups in total. The van der Waals surface area contributed by atoms with Crippen molar-refractivity contribution in [2.24, 2.45) is 0 Å². The maximum Gasteiger partial charge on any atom is 0.290 e. The highest BCUT2D eigenvalue weighted by atomic mass is 79.9. The van der Waals surface area contributed by atoms with Crippen LogP contribution in [0.4, 0.5) is 5.00 Å². The van der Waals surface area contributed by atoms with E-state index in [9.17, 15) is 0 Å². The monoisotopic (exact) mass is 283 g/mol. The molecule has 0 amide bonds. The van der Waals surface area contributed by atoms with E-state index in [4.69, 9.17) is 11.8 Å². The third-order valence-corrected chi connectivity index (χ3v) is 3.81. The molecule has 0 aliphatic carbocycles. The highest BCUT2D eigenvalue weighted by Crippen LogP contribution is 2.33. The molecular weight excluding hydrogens is 274 g/mol. The molecule has 0 atom stereocenters. The second kappa shape index (κ2) is 5.75. The van der Waals surface area contributed by atoms with Crippen LogP contribution in [0.2, 0.25) is 0 Å². The molecule has 3 nitrogen and oxygen atoms in total. The normalized spacial score (nSPS) is 9.33. The maximum absolute atomic E-state index is 8.82. The molecule has 0 aliphatic heterocycles. The van der Waals surface area contributed by atoms with E-state index in [2.05, 4.69) is 33.8 Å². The van der Waals surface area contributed by atoms with E-state index in [1.165, 1.54) is 11.3 Å². The summed E-state index contributed by atoms with van der Waals surface area (Å²) in [5.74, 6) is 0. The van der Waals surface area contributed by atoms with Crippen molar-refractivity contribution in [2.45, 2.75) is 13.3 Å². The second-order valence-corrected chi connectivity index (χ2v) is 4.82. The van der Waals surface area contributed by atoms with Crippen LogP contribution >= 0.6 is 27.3 Å². The molecule has 78 valence electrons. The summed E-state index contributed by atoms with van der Waals surface area (Å²) < 4.78 is 0.816. The second-order valence-electron chi connectivity index (χ2n) is 2.94. The van der Waals surface area contributed by atoms with Gasteiger partial charge in [-0.05, 0) is 28.4 Å². The SMILES string of the molecule is [C-]#[N+]CN(CCC)c1cc(Br)c(C#N)s1. The minimum Gasteiger partial charge on any atom is -0.297 e. The molecule has 0 saturated heterocycles. The van der Waals surface area contributed by atoms with E-state index in [1.807, 2.05) is 11.0 Å². The predicted octanol–water partition coefficient (Wildman–Crippen LogP) is 3.48. The van der Waals surface area contributed by atoms with E-state index in [0.717, 1.165) is 22.4 Å². The Morgan fingerprint density at radius 3 is 2.93 bits per heavy atom. The number of nitriles is 1. The van der Waals surface area contributed by atoms with Crippen LogP contribution in [-0.4, -0.2) is 13.2 Å². The minimum atomic E-state index is 0.353. The van der Waals surface area contributed by atoms with Crippen molar-refractivity contribution >= 4 is 32.3 Å². The van der Waals surface area contributed by atoms with Gasteiger partial charge in [0, 0.05) is 11.0 Å². The lowest BCUT2D eigenvalue weighted by molar-refractivity contribution is 0.821. The van der Waals surface area contributed by atoms with Crippen LogP contribution in [0, 0.1) is 17.9 Å². The van der Waals surface area contributed by atoms with Crippen LogP contribution in [0.25, 0.3) is 4.85 Å². The van der Waals surface area contributed by atoms with Gasteiger partial charge in [0.25, 0.3) is 6.67 Å². The van der Waals surface area contributed by atoms with E-state index in [-0.39, 0.29) is 0 Å². The molecule has 1 aromatic heterocycles. The quantitative estimate of drug-likeness (QED) is 0.793. The molecule has 5 heteroatoms. The molecule has 0 spiro atoms. The zero-order chi connectivity index (χ0) is 11.3. The Morgan fingerprint density at radius 1 is 1.73 bits per heavy atom. The lowest BCUT2D eigenvalue weighted by Crippen LogP contribution is -2.22. The summed E-state index contributed by atoms with van der Waals surface area (Å²) in [5, 5.41) is 9.81. The molecule has 0 aliphatic rings. The van der Waals surface area contributed by atoms with Gasteiger partial charge in [-0.25, -0.2) is 6.57 Å². The average Bonchev–Trinajstić information content (AvgIpc) is 2.59. The van der Waals surface area contributed by atoms with Crippen molar-refractivity contribution < 1.29 is 0 Å². The van der Waals surface area contributed by atoms with Crippen LogP contribution in [-0.2, 0) is 0 Å². The molecule has 0 saturated carbocycles. The Bertz CT molecular complexity index is 413. The molecular formula is C10H10BrN3S. The van der Waals surface area contributed by atoms with Gasteiger partial charge in [0.2, 0.25) is 0 Å². The summed E-state index contributed by atoms with van der Waals surface area (Å²) in [6.07, 6.45) is 0.993. The fourth-order valence-corrected chi connectivity index (χ4v) is 2.76. The highest BCUT2D eigenvalue weighted by Gasteiger charge is 2.13. The standard InChI is InChI=1S/C10H10BrN3S/c1-3-4-14(7-13-2)10-5-8(11)9(6-12)15-10/h5H,3-4,7H2,1H3. The van der Waals surface area contributed by atoms with Crippen LogP contribution < -0.4 is 4.90 Å². The molecule has 0 aromatic carbocycles. The summed E-state index contributed by atoms with van der Waals surface area (Å²) in [6, 6.07) is 4.03. The maximum atomic E-state index is 8.82. The number of halogens is 1. The van der Waals surface area contributed by atoms with Gasteiger partial charge in [-0.2, -0.15) is 5.26 Å². The molecule has 1 aromatic rings. The first kappa shape index (κ1) is 12.0. The summed E-state index contributed by atoms with van der Waals surface area (Å²) in [7, 11) is 0. The van der Waals surface area contributed by atoms with E-state index < -0.39 is 0 Å². The molecule has 15 heavy (non-hydrogen) atoms. The largest absolute Gasteiger partial charge is 0.297 e. The fraction of sp³-hybridized carbons (Fsp3) is 0.400. The van der Waals surface area contributed by atoms with Crippen LogP contribution in [0.3, 0.4) is 0 Å². The number of hydrogen-bond acceptors (Lipinski definition) is 3. The van der Waals surface area contributed by atoms with E-state index in [1.54, 1.807) is 0 Å². The molecule has 0 unspecified atom stereocenters. The topological polar surface area (TPSA) is 31.4 Å². The van der Waals surface area contributed by atoms with Gasteiger partial charge in [-0.1, -0.05) is 6.92 Å². The zero-order valence-electron chi connectivity index (χ0n) is 8.33. The first-order valence-corrected chi connectivity index (χ1v) is 6.11. The van der Waals surface area contributed by atoms with Gasteiger partial charge in [0.15, 0.2) is 0 Å². The van der Waals surface area contributed by atoms with Crippen molar-refractivity contribution in [3.05, 3.63) is 26.8 Å². The highest BCUT2D eigenvalue weighted by molar-refractivity contribution is 9.10. The first-order valence-electron chi connectivity index (χ1n) is 4.50. The number of anilines is 1. The van der Waals surface area contributed by atoms with Crippen LogP contribution in [0.15, 0.2) is 10.5 Å². The fourth-order valence-electron chi connectivity index (χ4n) is 1.19. The Labute approximate surface area is 102 Å². The van der Waals surface area contributed by atoms with Crippen molar-refractivity contribution in [3.8, 4) is 6.07 Å². The Kier molecular flexibility index (Phi) is 4.61. The summed E-state index contributed by atoms with van der Waals surface area (Å²) in [4.78, 5) is 6.03. The number of hydrogen-bond donors (Lipinski definition) is 0. The van der Waals surface area contributed by atoms with Crippen molar-refractivity contribution in [1.82, 2.24) is 0 Å². The smallest absolute Gasteiger partial charge is 0.290 e. The first-order chi connectivity index (χ1) is 7.22. The zero-order valence-corrected chi connectivity index (χ0v) is 10.7. The Morgan fingerprint density at radius 2 is 2.47 bits per heavy atom. The van der Waals surface area contributed by atoms with Gasteiger partial charge in [-0.3, -0.25) is 9.74 Å². The van der Waals surface area contributed by atoms with Crippen LogP contribution in [0.1, 0.15) is 18.2 Å². The van der Waals surface area contributed by atoms with Gasteiger partial charge in [-0.15, -0.1) is 11.3 Å². The third-order valence-electron chi connectivity index (χ3n) is 1.82. The Balaban J connectivity index is 2.92. The predicted molar refractivity (Wildman–Crippen MR) is 65.8 cm³/mol. The van der Waals surface area contributed by atoms with Gasteiger partial charge in [0.05, 0.1) is 5.00 Å². The minimum absolute atomic E-state index is 0.353.